The average Bonchev–Trinajstić information content (AvgIpc) is 3.14. The van der Waals surface area contributed by atoms with Crippen LogP contribution in [0.2, 0.25) is 0 Å². The van der Waals surface area contributed by atoms with Crippen molar-refractivity contribution in [2.75, 3.05) is 27.7 Å². The van der Waals surface area contributed by atoms with Gasteiger partial charge in [-0.3, -0.25) is 0 Å². The molecule has 0 heterocycles. The van der Waals surface area contributed by atoms with Crippen LogP contribution >= 0.6 is 0 Å². The van der Waals surface area contributed by atoms with Crippen molar-refractivity contribution in [1.82, 2.24) is 4.90 Å². The van der Waals surface area contributed by atoms with Crippen LogP contribution in [0.15, 0.2) is 12.1 Å². The number of nitrogens with two attached hydrogens (primary N) is 1. The topological polar surface area (TPSA) is 38.5 Å². The number of nitrogens with zero attached hydrogens (tertiary/aromatic N) is 1. The van der Waals surface area contributed by atoms with Gasteiger partial charge in [0.05, 0.1) is 7.11 Å². The van der Waals surface area contributed by atoms with E-state index in [4.69, 9.17) is 10.5 Å². The number of aryl methyl sites for hydroxylation is 2. The van der Waals surface area contributed by atoms with Crippen molar-refractivity contribution in [2.45, 2.75) is 32.7 Å². The zero-order chi connectivity index (χ0) is 14.2. The van der Waals surface area contributed by atoms with E-state index in [1.54, 1.807) is 7.11 Å². The summed E-state index contributed by atoms with van der Waals surface area (Å²) < 4.78 is 5.61. The zero-order valence-corrected chi connectivity index (χ0v) is 12.8. The van der Waals surface area contributed by atoms with Gasteiger partial charge >= 0.3 is 0 Å². The second-order valence-corrected chi connectivity index (χ2v) is 6.11. The first-order chi connectivity index (χ1) is 8.95. The van der Waals surface area contributed by atoms with E-state index in [1.807, 2.05) is 0 Å². The lowest BCUT2D eigenvalue weighted by Gasteiger charge is -2.33. The first-order valence-electron chi connectivity index (χ1n) is 6.97. The number of rotatable bonds is 5. The van der Waals surface area contributed by atoms with Gasteiger partial charge in [-0.15, -0.1) is 0 Å². The average molecular weight is 262 g/mol. The van der Waals surface area contributed by atoms with E-state index < -0.39 is 0 Å². The summed E-state index contributed by atoms with van der Waals surface area (Å²) in [5.41, 5.74) is 10.1. The van der Waals surface area contributed by atoms with Crippen LogP contribution in [-0.2, 0) is 0 Å². The Morgan fingerprint density at radius 1 is 1.26 bits per heavy atom. The summed E-state index contributed by atoms with van der Waals surface area (Å²) in [6.45, 7) is 5.03. The maximum absolute atomic E-state index is 6.04. The van der Waals surface area contributed by atoms with Gasteiger partial charge in [0.15, 0.2) is 0 Å². The van der Waals surface area contributed by atoms with Crippen LogP contribution in [0.1, 0.15) is 35.6 Å². The molecule has 1 aromatic rings. The van der Waals surface area contributed by atoms with Gasteiger partial charge in [0.1, 0.15) is 5.75 Å². The van der Waals surface area contributed by atoms with Gasteiger partial charge in [0.2, 0.25) is 0 Å². The molecule has 0 aliphatic heterocycles. The molecule has 2 rings (SSSR count). The third-order valence-corrected chi connectivity index (χ3v) is 4.54. The standard InChI is InChI=1S/C16H26N2O/c1-11-8-13(14(19-5)9-12(11)2)15(18(3)4)16(10-17)6-7-16/h8-9,15H,6-7,10,17H2,1-5H3. The molecule has 0 saturated heterocycles. The van der Waals surface area contributed by atoms with Crippen molar-refractivity contribution in [1.29, 1.82) is 0 Å². The molecule has 19 heavy (non-hydrogen) atoms. The van der Waals surface area contributed by atoms with E-state index in [1.165, 1.54) is 29.5 Å². The number of methoxy groups -OCH3 is 1. The molecule has 3 nitrogen and oxygen atoms in total. The predicted molar refractivity (Wildman–Crippen MR) is 79.6 cm³/mol. The molecule has 0 amide bonds. The second-order valence-electron chi connectivity index (χ2n) is 6.11. The summed E-state index contributed by atoms with van der Waals surface area (Å²) in [6.07, 6.45) is 2.42. The summed E-state index contributed by atoms with van der Waals surface area (Å²) in [5, 5.41) is 0. The quantitative estimate of drug-likeness (QED) is 0.886. The third-order valence-electron chi connectivity index (χ3n) is 4.54. The summed E-state index contributed by atoms with van der Waals surface area (Å²) in [7, 11) is 6.02. The number of hydrogen-bond donors (Lipinski definition) is 1. The van der Waals surface area contributed by atoms with Crippen molar-refractivity contribution >= 4 is 0 Å². The van der Waals surface area contributed by atoms with Crippen LogP contribution in [0.25, 0.3) is 0 Å². The van der Waals surface area contributed by atoms with Gasteiger partial charge in [-0.05, 0) is 64.5 Å². The Labute approximate surface area is 116 Å². The van der Waals surface area contributed by atoms with Crippen molar-refractivity contribution in [3.63, 3.8) is 0 Å². The Morgan fingerprint density at radius 3 is 2.26 bits per heavy atom. The number of ether oxygens (including phenoxy) is 1. The molecular formula is C16H26N2O. The summed E-state index contributed by atoms with van der Waals surface area (Å²) in [5.74, 6) is 0.988. The Hall–Kier alpha value is -1.06. The molecule has 1 atom stereocenters. The fourth-order valence-electron chi connectivity index (χ4n) is 3.11. The van der Waals surface area contributed by atoms with Crippen molar-refractivity contribution in [3.8, 4) is 5.75 Å². The molecule has 2 N–H and O–H groups in total. The summed E-state index contributed by atoms with van der Waals surface area (Å²) in [4.78, 5) is 2.28. The van der Waals surface area contributed by atoms with Gasteiger partial charge < -0.3 is 15.4 Å². The van der Waals surface area contributed by atoms with Crippen LogP contribution < -0.4 is 10.5 Å². The van der Waals surface area contributed by atoms with Gasteiger partial charge in [0.25, 0.3) is 0 Å². The zero-order valence-electron chi connectivity index (χ0n) is 12.8. The summed E-state index contributed by atoms with van der Waals surface area (Å²) in [6, 6.07) is 4.76. The van der Waals surface area contributed by atoms with Crippen LogP contribution in [0.5, 0.6) is 5.75 Å². The first kappa shape index (κ1) is 14.4. The van der Waals surface area contributed by atoms with E-state index in [-0.39, 0.29) is 5.41 Å². The highest BCUT2D eigenvalue weighted by atomic mass is 16.5. The fourth-order valence-corrected chi connectivity index (χ4v) is 3.11. The molecule has 1 fully saturated rings. The lowest BCUT2D eigenvalue weighted by atomic mass is 9.87. The smallest absolute Gasteiger partial charge is 0.123 e. The van der Waals surface area contributed by atoms with Crippen LogP contribution in [0.4, 0.5) is 0 Å². The molecular weight excluding hydrogens is 236 g/mol. The molecule has 1 aromatic carbocycles. The van der Waals surface area contributed by atoms with Crippen molar-refractivity contribution in [2.24, 2.45) is 11.1 Å². The molecule has 0 bridgehead atoms. The Bertz CT molecular complexity index is 464. The molecule has 1 saturated carbocycles. The van der Waals surface area contributed by atoms with E-state index in [0.29, 0.717) is 6.04 Å². The van der Waals surface area contributed by atoms with Crippen LogP contribution in [0, 0.1) is 19.3 Å². The van der Waals surface area contributed by atoms with Gasteiger partial charge in [-0.2, -0.15) is 0 Å². The largest absolute Gasteiger partial charge is 0.496 e. The minimum absolute atomic E-state index is 0.235. The number of hydrogen-bond acceptors (Lipinski definition) is 3. The third kappa shape index (κ3) is 2.49. The highest BCUT2D eigenvalue weighted by Gasteiger charge is 2.50. The molecule has 106 valence electrons. The van der Waals surface area contributed by atoms with E-state index in [0.717, 1.165) is 12.3 Å². The Morgan fingerprint density at radius 2 is 1.84 bits per heavy atom. The molecule has 3 heteroatoms. The van der Waals surface area contributed by atoms with Gasteiger partial charge in [-0.25, -0.2) is 0 Å². The predicted octanol–water partition coefficient (Wildman–Crippen LogP) is 2.65. The summed E-state index contributed by atoms with van der Waals surface area (Å²) >= 11 is 0. The van der Waals surface area contributed by atoms with Crippen LogP contribution in [0.3, 0.4) is 0 Å². The molecule has 1 aliphatic rings. The fraction of sp³-hybridized carbons (Fsp3) is 0.625. The van der Waals surface area contributed by atoms with E-state index in [9.17, 15) is 0 Å². The van der Waals surface area contributed by atoms with Crippen molar-refractivity contribution in [3.05, 3.63) is 28.8 Å². The van der Waals surface area contributed by atoms with E-state index >= 15 is 0 Å². The minimum Gasteiger partial charge on any atom is -0.496 e. The van der Waals surface area contributed by atoms with Gasteiger partial charge in [-0.1, -0.05) is 6.07 Å². The van der Waals surface area contributed by atoms with Crippen molar-refractivity contribution < 1.29 is 4.74 Å². The maximum atomic E-state index is 6.04. The van der Waals surface area contributed by atoms with Gasteiger partial charge in [0, 0.05) is 17.0 Å². The lowest BCUT2D eigenvalue weighted by molar-refractivity contribution is 0.193. The molecule has 0 radical (unpaired) electrons. The highest BCUT2D eigenvalue weighted by molar-refractivity contribution is 5.45. The monoisotopic (exact) mass is 262 g/mol. The maximum Gasteiger partial charge on any atom is 0.123 e. The normalized spacial score (nSPS) is 18.5. The first-order valence-corrected chi connectivity index (χ1v) is 6.97. The van der Waals surface area contributed by atoms with Crippen LogP contribution in [-0.4, -0.2) is 32.6 Å². The highest BCUT2D eigenvalue weighted by Crippen LogP contribution is 2.57. The Balaban J connectivity index is 2.51. The molecule has 1 unspecified atom stereocenters. The van der Waals surface area contributed by atoms with E-state index in [2.05, 4.69) is 45.0 Å². The number of benzene rings is 1. The lowest BCUT2D eigenvalue weighted by Crippen LogP contribution is -2.34. The second kappa shape index (κ2) is 5.14. The molecule has 0 spiro atoms. The Kier molecular flexibility index (Phi) is 3.88. The molecule has 1 aliphatic carbocycles. The minimum atomic E-state index is 0.235. The molecule has 0 aromatic heterocycles. The SMILES string of the molecule is COc1cc(C)c(C)cc1C(N(C)C)C1(CN)CC1.